The van der Waals surface area contributed by atoms with Gasteiger partial charge in [-0.05, 0) is 31.9 Å². The smallest absolute Gasteiger partial charge is 0.355 e. The first-order valence-corrected chi connectivity index (χ1v) is 5.51. The van der Waals surface area contributed by atoms with E-state index < -0.39 is 0 Å². The van der Waals surface area contributed by atoms with Crippen LogP contribution in [0, 0.1) is 25.2 Å². The Morgan fingerprint density at radius 2 is 2.24 bits per heavy atom. The van der Waals surface area contributed by atoms with E-state index in [2.05, 4.69) is 4.98 Å². The van der Waals surface area contributed by atoms with Gasteiger partial charge in [-0.15, -0.1) is 0 Å². The van der Waals surface area contributed by atoms with Crippen molar-refractivity contribution in [2.75, 3.05) is 6.61 Å². The van der Waals surface area contributed by atoms with Gasteiger partial charge in [0.1, 0.15) is 5.69 Å². The summed E-state index contributed by atoms with van der Waals surface area (Å²) in [5.41, 5.74) is 3.19. The summed E-state index contributed by atoms with van der Waals surface area (Å²) < 4.78 is 4.96. The largest absolute Gasteiger partial charge is 0.461 e. The number of ether oxygens (including phenoxy) is 1. The fourth-order valence-electron chi connectivity index (χ4n) is 1.65. The number of carbonyl (C=O) groups is 1. The molecule has 1 N–H and O–H groups in total. The maximum atomic E-state index is 11.6. The van der Waals surface area contributed by atoms with Crippen LogP contribution < -0.4 is 0 Å². The van der Waals surface area contributed by atoms with Gasteiger partial charge in [0.25, 0.3) is 0 Å². The predicted octanol–water partition coefficient (Wildman–Crippen LogP) is 2.74. The van der Waals surface area contributed by atoms with Crippen LogP contribution in [0.1, 0.15) is 40.7 Å². The summed E-state index contributed by atoms with van der Waals surface area (Å²) in [5.74, 6) is -0.340. The lowest BCUT2D eigenvalue weighted by Gasteiger charge is -2.00. The molecule has 0 fully saturated rings. The highest BCUT2D eigenvalue weighted by Gasteiger charge is 2.16. The molecule has 0 radical (unpaired) electrons. The normalized spacial score (nSPS) is 10.5. The molecular formula is C13H16N2O2. The van der Waals surface area contributed by atoms with Crippen molar-refractivity contribution in [1.29, 1.82) is 5.26 Å². The van der Waals surface area contributed by atoms with Gasteiger partial charge in [0.05, 0.1) is 19.1 Å². The molecule has 1 rings (SSSR count). The monoisotopic (exact) mass is 232 g/mol. The maximum Gasteiger partial charge on any atom is 0.355 e. The highest BCUT2D eigenvalue weighted by atomic mass is 16.5. The molecule has 1 heterocycles. The van der Waals surface area contributed by atoms with Crippen LogP contribution in [0.5, 0.6) is 0 Å². The van der Waals surface area contributed by atoms with Crippen molar-refractivity contribution in [3.63, 3.8) is 0 Å². The Morgan fingerprint density at radius 3 is 2.82 bits per heavy atom. The van der Waals surface area contributed by atoms with Crippen LogP contribution in [0.2, 0.25) is 0 Å². The molecule has 1 aromatic rings. The predicted molar refractivity (Wildman–Crippen MR) is 65.5 cm³/mol. The van der Waals surface area contributed by atoms with E-state index in [1.807, 2.05) is 26.0 Å². The molecular weight excluding hydrogens is 216 g/mol. The molecule has 0 aromatic carbocycles. The molecule has 0 aliphatic rings. The summed E-state index contributed by atoms with van der Waals surface area (Å²) >= 11 is 0. The molecule has 17 heavy (non-hydrogen) atoms. The SMILES string of the molecule is CCOC(=O)c1[nH]c(C)c(C=CCC#N)c1C. The minimum atomic E-state index is -0.340. The van der Waals surface area contributed by atoms with Gasteiger partial charge < -0.3 is 9.72 Å². The van der Waals surface area contributed by atoms with Crippen molar-refractivity contribution in [3.05, 3.63) is 28.6 Å². The van der Waals surface area contributed by atoms with Gasteiger partial charge in [-0.25, -0.2) is 4.79 Å². The third kappa shape index (κ3) is 2.97. The second kappa shape index (κ2) is 5.90. The van der Waals surface area contributed by atoms with E-state index in [0.29, 0.717) is 18.7 Å². The zero-order valence-electron chi connectivity index (χ0n) is 10.3. The second-order valence-electron chi connectivity index (χ2n) is 3.65. The number of aryl methyl sites for hydroxylation is 1. The minimum absolute atomic E-state index is 0.340. The maximum absolute atomic E-state index is 11.6. The standard InChI is InChI=1S/C13H16N2O2/c1-4-17-13(16)12-9(2)11(10(3)15-12)7-5-6-8-14/h5,7,15H,4,6H2,1-3H3. The molecule has 0 amide bonds. The lowest BCUT2D eigenvalue weighted by Crippen LogP contribution is -2.06. The van der Waals surface area contributed by atoms with E-state index in [1.165, 1.54) is 0 Å². The van der Waals surface area contributed by atoms with Crippen LogP contribution in [0.4, 0.5) is 0 Å². The molecule has 0 aliphatic heterocycles. The molecule has 0 atom stereocenters. The van der Waals surface area contributed by atoms with Gasteiger partial charge in [-0.1, -0.05) is 12.2 Å². The van der Waals surface area contributed by atoms with E-state index in [-0.39, 0.29) is 5.97 Å². The minimum Gasteiger partial charge on any atom is -0.461 e. The lowest BCUT2D eigenvalue weighted by atomic mass is 10.1. The molecule has 1 aromatic heterocycles. The summed E-state index contributed by atoms with van der Waals surface area (Å²) in [7, 11) is 0. The average molecular weight is 232 g/mol. The molecule has 0 aliphatic carbocycles. The van der Waals surface area contributed by atoms with Crippen molar-refractivity contribution in [1.82, 2.24) is 4.98 Å². The van der Waals surface area contributed by atoms with Crippen molar-refractivity contribution < 1.29 is 9.53 Å². The number of aromatic amines is 1. The number of hydrogen-bond acceptors (Lipinski definition) is 3. The fraction of sp³-hybridized carbons (Fsp3) is 0.385. The van der Waals surface area contributed by atoms with E-state index >= 15 is 0 Å². The number of nitrogens with one attached hydrogen (secondary N) is 1. The summed E-state index contributed by atoms with van der Waals surface area (Å²) in [6.45, 7) is 5.89. The third-order valence-corrected chi connectivity index (χ3v) is 2.47. The van der Waals surface area contributed by atoms with Gasteiger partial charge >= 0.3 is 5.97 Å². The van der Waals surface area contributed by atoms with E-state index in [4.69, 9.17) is 10.00 Å². The highest BCUT2D eigenvalue weighted by molar-refractivity contribution is 5.90. The van der Waals surface area contributed by atoms with E-state index in [0.717, 1.165) is 16.8 Å². The number of carbonyl (C=O) groups excluding carboxylic acids is 1. The number of esters is 1. The number of H-pyrrole nitrogens is 1. The van der Waals surface area contributed by atoms with Gasteiger partial charge in [0, 0.05) is 5.69 Å². The average Bonchev–Trinajstić information content (AvgIpc) is 2.57. The van der Waals surface area contributed by atoms with Crippen LogP contribution in [0.3, 0.4) is 0 Å². The summed E-state index contributed by atoms with van der Waals surface area (Å²) in [6, 6.07) is 2.04. The Labute approximate surface area is 101 Å². The van der Waals surface area contributed by atoms with Crippen LogP contribution >= 0.6 is 0 Å². The van der Waals surface area contributed by atoms with Crippen LogP contribution in [-0.4, -0.2) is 17.6 Å². The van der Waals surface area contributed by atoms with Crippen molar-refractivity contribution in [3.8, 4) is 6.07 Å². The molecule has 4 heteroatoms. The quantitative estimate of drug-likeness (QED) is 0.812. The Balaban J connectivity index is 3.02. The van der Waals surface area contributed by atoms with Crippen LogP contribution in [-0.2, 0) is 4.74 Å². The van der Waals surface area contributed by atoms with E-state index in [1.54, 1.807) is 13.0 Å². The number of rotatable bonds is 4. The summed E-state index contributed by atoms with van der Waals surface area (Å²) in [4.78, 5) is 14.6. The lowest BCUT2D eigenvalue weighted by molar-refractivity contribution is 0.0519. The van der Waals surface area contributed by atoms with Crippen molar-refractivity contribution >= 4 is 12.0 Å². The van der Waals surface area contributed by atoms with Gasteiger partial charge in [0.2, 0.25) is 0 Å². The van der Waals surface area contributed by atoms with Crippen LogP contribution in [0.25, 0.3) is 6.08 Å². The molecule has 0 saturated carbocycles. The molecule has 0 spiro atoms. The van der Waals surface area contributed by atoms with E-state index in [9.17, 15) is 4.79 Å². The molecule has 0 bridgehead atoms. The molecule has 4 nitrogen and oxygen atoms in total. The molecule has 90 valence electrons. The number of aromatic nitrogens is 1. The Morgan fingerprint density at radius 1 is 1.53 bits per heavy atom. The highest BCUT2D eigenvalue weighted by Crippen LogP contribution is 2.20. The van der Waals surface area contributed by atoms with Crippen LogP contribution in [0.15, 0.2) is 6.08 Å². The topological polar surface area (TPSA) is 65.9 Å². The number of nitrogens with zero attached hydrogens (tertiary/aromatic N) is 1. The summed E-state index contributed by atoms with van der Waals surface area (Å²) in [5, 5.41) is 8.46. The zero-order chi connectivity index (χ0) is 12.8. The fourth-order valence-corrected chi connectivity index (χ4v) is 1.65. The number of nitriles is 1. The first-order chi connectivity index (χ1) is 8.11. The van der Waals surface area contributed by atoms with Gasteiger partial charge in [0.15, 0.2) is 0 Å². The summed E-state index contributed by atoms with van der Waals surface area (Å²) in [6.07, 6.45) is 3.99. The number of hydrogen-bond donors (Lipinski definition) is 1. The third-order valence-electron chi connectivity index (χ3n) is 2.47. The Bertz CT molecular complexity index is 478. The first kappa shape index (κ1) is 13.0. The van der Waals surface area contributed by atoms with Gasteiger partial charge in [-0.2, -0.15) is 5.26 Å². The van der Waals surface area contributed by atoms with Gasteiger partial charge in [-0.3, -0.25) is 0 Å². The Kier molecular flexibility index (Phi) is 4.53. The first-order valence-electron chi connectivity index (χ1n) is 5.51. The second-order valence-corrected chi connectivity index (χ2v) is 3.65. The van der Waals surface area contributed by atoms with Crippen molar-refractivity contribution in [2.24, 2.45) is 0 Å². The number of allylic oxidation sites excluding steroid dienone is 1. The van der Waals surface area contributed by atoms with Crippen molar-refractivity contribution in [2.45, 2.75) is 27.2 Å². The Hall–Kier alpha value is -2.02. The zero-order valence-corrected chi connectivity index (χ0v) is 10.3. The molecule has 0 unspecified atom stereocenters. The molecule has 0 saturated heterocycles.